The zero-order chi connectivity index (χ0) is 13.3. The first-order chi connectivity index (χ1) is 8.05. The van der Waals surface area contributed by atoms with E-state index in [1.54, 1.807) is 0 Å². The van der Waals surface area contributed by atoms with Crippen LogP contribution in [0.25, 0.3) is 0 Å². The van der Waals surface area contributed by atoms with Gasteiger partial charge in [0.1, 0.15) is 6.07 Å². The molecule has 0 aliphatic heterocycles. The lowest BCUT2D eigenvalue weighted by Crippen LogP contribution is -2.42. The van der Waals surface area contributed by atoms with Crippen molar-refractivity contribution < 1.29 is 22.8 Å². The molecule has 0 N–H and O–H groups in total. The van der Waals surface area contributed by atoms with Crippen molar-refractivity contribution in [2.45, 2.75) is 12.5 Å². The van der Waals surface area contributed by atoms with Gasteiger partial charge in [-0.2, -0.15) is 5.26 Å². The predicted molar refractivity (Wildman–Crippen MR) is 61.9 cm³/mol. The van der Waals surface area contributed by atoms with E-state index in [0.29, 0.717) is 12.5 Å². The van der Waals surface area contributed by atoms with Crippen LogP contribution in [0.5, 0.6) is 0 Å². The van der Waals surface area contributed by atoms with E-state index >= 15 is 0 Å². The molecule has 0 saturated heterocycles. The Hall–Kier alpha value is -1.20. The Kier molecular flexibility index (Phi) is 7.41. The number of ketones is 1. The lowest BCUT2D eigenvalue weighted by Gasteiger charge is -2.24. The van der Waals surface area contributed by atoms with Gasteiger partial charge in [-0.1, -0.05) is 6.58 Å². The summed E-state index contributed by atoms with van der Waals surface area (Å²) in [7, 11) is 1.99. The van der Waals surface area contributed by atoms with E-state index in [-0.39, 0.29) is 12.4 Å². The van der Waals surface area contributed by atoms with Gasteiger partial charge in [0.25, 0.3) is 5.78 Å². The van der Waals surface area contributed by atoms with Crippen LogP contribution in [-0.4, -0.2) is 42.5 Å². The van der Waals surface area contributed by atoms with Crippen LogP contribution in [0.1, 0.15) is 6.42 Å². The van der Waals surface area contributed by atoms with E-state index in [0.717, 1.165) is 0 Å². The molecule has 96 valence electrons. The summed E-state index contributed by atoms with van der Waals surface area (Å²) < 4.78 is 20.6. The monoisotopic (exact) mass is 259 g/mol. The summed E-state index contributed by atoms with van der Waals surface area (Å²) >= 11 is 0. The number of rotatable bonds is 9. The summed E-state index contributed by atoms with van der Waals surface area (Å²) in [6.07, 6.45) is 0.583. The number of nitrogens with zero attached hydrogens (tertiary/aromatic N) is 1. The Balaban J connectivity index is 3.96. The van der Waals surface area contributed by atoms with Gasteiger partial charge in [-0.3, -0.25) is 4.79 Å². The van der Waals surface area contributed by atoms with Gasteiger partial charge >= 0.3 is 8.80 Å². The Morgan fingerprint density at radius 2 is 1.82 bits per heavy atom. The number of carbonyl (C=O) groups excluding carboxylic acids is 1. The first-order valence-electron chi connectivity index (χ1n) is 4.96. The number of hydrogen-bond donors (Lipinski definition) is 0. The molecule has 0 spiro atoms. The topological polar surface area (TPSA) is 77.8 Å². The van der Waals surface area contributed by atoms with Crippen LogP contribution >= 0.6 is 0 Å². The molecule has 6 nitrogen and oxygen atoms in total. The molecule has 0 aliphatic carbocycles. The minimum absolute atomic E-state index is 0.146. The van der Waals surface area contributed by atoms with Gasteiger partial charge < -0.3 is 18.0 Å². The molecule has 0 aromatic carbocycles. The number of hydrogen-bond acceptors (Lipinski definition) is 6. The highest BCUT2D eigenvalue weighted by molar-refractivity contribution is 6.60. The van der Waals surface area contributed by atoms with E-state index in [1.807, 2.05) is 0 Å². The third-order valence-electron chi connectivity index (χ3n) is 2.19. The van der Waals surface area contributed by atoms with Crippen molar-refractivity contribution in [1.82, 2.24) is 0 Å². The number of ether oxygens (including phenoxy) is 1. The average molecular weight is 259 g/mol. The van der Waals surface area contributed by atoms with E-state index < -0.39 is 14.6 Å². The molecule has 17 heavy (non-hydrogen) atoms. The Bertz CT molecular complexity index is 300. The molecule has 0 unspecified atom stereocenters. The molecule has 0 atom stereocenters. The first kappa shape index (κ1) is 15.8. The quantitative estimate of drug-likeness (QED) is 0.201. The lowest BCUT2D eigenvalue weighted by atomic mass is 10.4. The average Bonchev–Trinajstić information content (AvgIpc) is 2.38. The third kappa shape index (κ3) is 5.10. The second-order valence-corrected chi connectivity index (χ2v) is 6.20. The first-order valence-corrected chi connectivity index (χ1v) is 6.90. The van der Waals surface area contributed by atoms with Crippen molar-refractivity contribution in [3.63, 3.8) is 0 Å². The standard InChI is InChI=1S/C10H17NO5Si/c1-9(10(12)8-11)16-6-5-7-17(13-2,14-3)15-4/h1,5-7H2,2-4H3. The molecule has 0 fully saturated rings. The Morgan fingerprint density at radius 1 is 1.29 bits per heavy atom. The molecule has 7 heteroatoms. The van der Waals surface area contributed by atoms with Crippen LogP contribution in [0.2, 0.25) is 6.04 Å². The van der Waals surface area contributed by atoms with E-state index in [2.05, 4.69) is 6.58 Å². The summed E-state index contributed by atoms with van der Waals surface area (Å²) in [5.74, 6) is -0.911. The molecular weight excluding hydrogens is 242 g/mol. The van der Waals surface area contributed by atoms with Crippen molar-refractivity contribution >= 4 is 14.6 Å². The summed E-state index contributed by atoms with van der Waals surface area (Å²) in [5, 5.41) is 8.31. The highest BCUT2D eigenvalue weighted by atomic mass is 28.4. The Morgan fingerprint density at radius 3 is 2.24 bits per heavy atom. The van der Waals surface area contributed by atoms with Crippen LogP contribution in [0, 0.1) is 11.3 Å². The van der Waals surface area contributed by atoms with E-state index in [4.69, 9.17) is 23.3 Å². The second kappa shape index (κ2) is 7.97. The van der Waals surface area contributed by atoms with Gasteiger partial charge in [-0.05, 0) is 6.42 Å². The minimum atomic E-state index is -2.58. The van der Waals surface area contributed by atoms with Gasteiger partial charge in [-0.25, -0.2) is 0 Å². The van der Waals surface area contributed by atoms with Gasteiger partial charge in [0.2, 0.25) is 0 Å². The van der Waals surface area contributed by atoms with Crippen LogP contribution < -0.4 is 0 Å². The highest BCUT2D eigenvalue weighted by Gasteiger charge is 2.36. The van der Waals surface area contributed by atoms with Crippen LogP contribution in [-0.2, 0) is 22.8 Å². The highest BCUT2D eigenvalue weighted by Crippen LogP contribution is 2.15. The molecule has 0 aromatic heterocycles. The summed E-state index contributed by atoms with van der Waals surface area (Å²) in [4.78, 5) is 10.8. The summed E-state index contributed by atoms with van der Waals surface area (Å²) in [5.41, 5.74) is 0. The lowest BCUT2D eigenvalue weighted by molar-refractivity contribution is -0.113. The zero-order valence-corrected chi connectivity index (χ0v) is 11.3. The molecule has 0 saturated carbocycles. The number of allylic oxidation sites excluding steroid dienone is 1. The fraction of sp³-hybridized carbons (Fsp3) is 0.600. The summed E-state index contributed by atoms with van der Waals surface area (Å²) in [6, 6.07) is 1.99. The molecule has 0 amide bonds. The third-order valence-corrected chi connectivity index (χ3v) is 5.02. The molecule has 0 aliphatic rings. The Labute approximate surface area is 102 Å². The number of nitriles is 1. The molecule has 0 radical (unpaired) electrons. The van der Waals surface area contributed by atoms with Crippen molar-refractivity contribution in [3.8, 4) is 6.07 Å². The zero-order valence-electron chi connectivity index (χ0n) is 10.3. The minimum Gasteiger partial charge on any atom is -0.489 e. The van der Waals surface area contributed by atoms with Gasteiger partial charge in [0.15, 0.2) is 5.76 Å². The number of carbonyl (C=O) groups is 1. The largest absolute Gasteiger partial charge is 0.500 e. The smallest absolute Gasteiger partial charge is 0.489 e. The predicted octanol–water partition coefficient (Wildman–Crippen LogP) is 0.878. The number of Topliss-reactive ketones (excluding diaryl/α,β-unsaturated/α-hetero) is 1. The molecule has 0 rings (SSSR count). The summed E-state index contributed by atoms with van der Waals surface area (Å²) in [6.45, 7) is 3.60. The molecule has 0 heterocycles. The SMILES string of the molecule is C=C(OCCC[Si](OC)(OC)OC)C(=O)C#N. The normalized spacial score (nSPS) is 10.7. The fourth-order valence-electron chi connectivity index (χ4n) is 1.17. The van der Waals surface area contributed by atoms with Crippen molar-refractivity contribution in [2.75, 3.05) is 27.9 Å². The molecular formula is C10H17NO5Si. The van der Waals surface area contributed by atoms with Gasteiger partial charge in [0.05, 0.1) is 6.61 Å². The maximum Gasteiger partial charge on any atom is 0.500 e. The van der Waals surface area contributed by atoms with Gasteiger partial charge in [-0.15, -0.1) is 0 Å². The van der Waals surface area contributed by atoms with Crippen molar-refractivity contribution in [1.29, 1.82) is 5.26 Å². The van der Waals surface area contributed by atoms with Crippen LogP contribution in [0.4, 0.5) is 0 Å². The van der Waals surface area contributed by atoms with Crippen LogP contribution in [0.15, 0.2) is 12.3 Å². The van der Waals surface area contributed by atoms with Crippen molar-refractivity contribution in [2.24, 2.45) is 0 Å². The maximum atomic E-state index is 10.8. The van der Waals surface area contributed by atoms with Crippen molar-refractivity contribution in [3.05, 3.63) is 12.3 Å². The van der Waals surface area contributed by atoms with Crippen LogP contribution in [0.3, 0.4) is 0 Å². The molecule has 0 aromatic rings. The van der Waals surface area contributed by atoms with Gasteiger partial charge in [0, 0.05) is 27.4 Å². The van der Waals surface area contributed by atoms with E-state index in [9.17, 15) is 4.79 Å². The fourth-order valence-corrected chi connectivity index (χ4v) is 2.86. The second-order valence-electron chi connectivity index (χ2n) is 3.11. The maximum absolute atomic E-state index is 10.8. The van der Waals surface area contributed by atoms with E-state index in [1.165, 1.54) is 27.4 Å². The molecule has 0 bridgehead atoms.